The number of rotatable bonds is 11. The molecule has 2 aliphatic rings. The van der Waals surface area contributed by atoms with Crippen molar-refractivity contribution in [1.29, 1.82) is 5.26 Å². The highest BCUT2D eigenvalue weighted by atomic mass is 33.1. The van der Waals surface area contributed by atoms with Gasteiger partial charge in [0.2, 0.25) is 0 Å². The molecule has 0 amide bonds. The average Bonchev–Trinajstić information content (AvgIpc) is 3.72. The first-order chi connectivity index (χ1) is 18.1. The maximum Gasteiger partial charge on any atom is 0.307 e. The SMILES string of the molecule is CC(OC(=O)CCCC[C@@H]1CCSS1)n1ccc2c(-c3cnn([C@H](CC#N)C4CCCC4)c3)ncnc21. The van der Waals surface area contributed by atoms with Gasteiger partial charge in [-0.1, -0.05) is 40.9 Å². The molecule has 0 aromatic carbocycles. The van der Waals surface area contributed by atoms with Gasteiger partial charge >= 0.3 is 5.97 Å². The molecule has 1 saturated carbocycles. The molecule has 0 bridgehead atoms. The lowest BCUT2D eigenvalue weighted by Gasteiger charge is -2.21. The number of carbonyl (C=O) groups excluding carboxylic acids is 1. The highest BCUT2D eigenvalue weighted by Gasteiger charge is 2.27. The molecule has 4 heterocycles. The molecular weight excluding hydrogens is 504 g/mol. The van der Waals surface area contributed by atoms with Crippen LogP contribution in [0.5, 0.6) is 0 Å². The molecule has 3 atom stereocenters. The van der Waals surface area contributed by atoms with Gasteiger partial charge in [-0.3, -0.25) is 14.0 Å². The fourth-order valence-electron chi connectivity index (χ4n) is 5.56. The Morgan fingerprint density at radius 2 is 2.14 bits per heavy atom. The van der Waals surface area contributed by atoms with Crippen molar-refractivity contribution in [3.8, 4) is 17.3 Å². The van der Waals surface area contributed by atoms with E-state index in [9.17, 15) is 10.1 Å². The zero-order valence-electron chi connectivity index (χ0n) is 21.3. The number of ether oxygens (including phenoxy) is 1. The van der Waals surface area contributed by atoms with Gasteiger partial charge in [0.1, 0.15) is 12.0 Å². The van der Waals surface area contributed by atoms with E-state index in [0.717, 1.165) is 53.2 Å². The second kappa shape index (κ2) is 12.4. The van der Waals surface area contributed by atoms with Crippen LogP contribution in [0.3, 0.4) is 0 Å². The van der Waals surface area contributed by atoms with Crippen molar-refractivity contribution < 1.29 is 9.53 Å². The van der Waals surface area contributed by atoms with Crippen molar-refractivity contribution >= 4 is 38.6 Å². The fourth-order valence-corrected chi connectivity index (χ4v) is 8.59. The molecule has 1 aliphatic heterocycles. The van der Waals surface area contributed by atoms with Crippen LogP contribution < -0.4 is 0 Å². The van der Waals surface area contributed by atoms with Gasteiger partial charge < -0.3 is 4.74 Å². The molecule has 196 valence electrons. The molecule has 3 aromatic heterocycles. The highest BCUT2D eigenvalue weighted by Crippen LogP contribution is 2.40. The molecule has 5 rings (SSSR count). The van der Waals surface area contributed by atoms with Crippen LogP contribution in [0.25, 0.3) is 22.3 Å². The maximum atomic E-state index is 12.5. The molecule has 3 aromatic rings. The van der Waals surface area contributed by atoms with Gasteiger partial charge in [-0.2, -0.15) is 10.4 Å². The molecule has 37 heavy (non-hydrogen) atoms. The Hall–Kier alpha value is -2.51. The standard InChI is InChI=1S/C27H34N6O2S2/c1-19(35-25(34)9-5-4-8-22-12-15-36-37-22)32-14-11-23-26(29-18-30-27(23)32)21-16-31-33(17-21)24(10-13-28)20-6-2-3-7-20/h11,14,16-20,22,24H,2-10,12,15H2,1H3/t19?,22-,24-/m1/s1. The summed E-state index contributed by atoms with van der Waals surface area (Å²) >= 11 is 0. The molecule has 0 N–H and O–H groups in total. The lowest BCUT2D eigenvalue weighted by molar-refractivity contribution is -0.152. The summed E-state index contributed by atoms with van der Waals surface area (Å²) in [5.41, 5.74) is 2.41. The highest BCUT2D eigenvalue weighted by molar-refractivity contribution is 8.77. The molecule has 1 saturated heterocycles. The van der Waals surface area contributed by atoms with Gasteiger partial charge in [0, 0.05) is 40.8 Å². The number of esters is 1. The minimum Gasteiger partial charge on any atom is -0.441 e. The quantitative estimate of drug-likeness (QED) is 0.151. The van der Waals surface area contributed by atoms with E-state index in [1.807, 2.05) is 62.4 Å². The molecule has 2 fully saturated rings. The van der Waals surface area contributed by atoms with Crippen LogP contribution in [0.1, 0.15) is 83.4 Å². The number of nitrogens with zero attached hydrogens (tertiary/aromatic N) is 6. The van der Waals surface area contributed by atoms with Crippen molar-refractivity contribution in [1.82, 2.24) is 24.3 Å². The van der Waals surface area contributed by atoms with Gasteiger partial charge in [-0.15, -0.1) is 0 Å². The Labute approximate surface area is 226 Å². The number of carbonyl (C=O) groups is 1. The fraction of sp³-hybridized carbons (Fsp3) is 0.593. The van der Waals surface area contributed by atoms with E-state index < -0.39 is 6.23 Å². The Balaban J connectivity index is 1.25. The summed E-state index contributed by atoms with van der Waals surface area (Å²) in [7, 11) is 3.95. The first-order valence-electron chi connectivity index (χ1n) is 13.3. The first kappa shape index (κ1) is 26.1. The predicted octanol–water partition coefficient (Wildman–Crippen LogP) is 6.72. The van der Waals surface area contributed by atoms with Crippen LogP contribution in [0, 0.1) is 17.2 Å². The van der Waals surface area contributed by atoms with Gasteiger partial charge in [0.25, 0.3) is 0 Å². The van der Waals surface area contributed by atoms with Crippen LogP contribution >= 0.6 is 21.6 Å². The molecular formula is C27H34N6O2S2. The van der Waals surface area contributed by atoms with Crippen molar-refractivity contribution in [3.63, 3.8) is 0 Å². The van der Waals surface area contributed by atoms with Crippen molar-refractivity contribution in [2.75, 3.05) is 5.75 Å². The van der Waals surface area contributed by atoms with Gasteiger partial charge in [0.05, 0.1) is 30.4 Å². The van der Waals surface area contributed by atoms with Crippen LogP contribution in [0.15, 0.2) is 31.0 Å². The number of unbranched alkanes of at least 4 members (excludes halogenated alkanes) is 1. The normalized spacial score (nSPS) is 19.7. The number of fused-ring (bicyclic) bond motifs is 1. The largest absolute Gasteiger partial charge is 0.441 e. The third-order valence-corrected chi connectivity index (χ3v) is 10.6. The third-order valence-electron chi connectivity index (χ3n) is 7.55. The minimum atomic E-state index is -0.459. The number of hydrogen-bond donors (Lipinski definition) is 0. The summed E-state index contributed by atoms with van der Waals surface area (Å²) < 4.78 is 9.58. The zero-order valence-corrected chi connectivity index (χ0v) is 22.9. The van der Waals surface area contributed by atoms with Crippen LogP contribution in [-0.4, -0.2) is 41.3 Å². The van der Waals surface area contributed by atoms with Gasteiger partial charge in [0.15, 0.2) is 6.23 Å². The monoisotopic (exact) mass is 538 g/mol. The summed E-state index contributed by atoms with van der Waals surface area (Å²) in [6.07, 6.45) is 16.9. The predicted molar refractivity (Wildman–Crippen MR) is 148 cm³/mol. The smallest absolute Gasteiger partial charge is 0.307 e. The second-order valence-corrected chi connectivity index (χ2v) is 12.8. The van der Waals surface area contributed by atoms with E-state index in [-0.39, 0.29) is 12.0 Å². The molecule has 0 radical (unpaired) electrons. The van der Waals surface area contributed by atoms with Crippen LogP contribution in [0.4, 0.5) is 0 Å². The Morgan fingerprint density at radius 3 is 2.92 bits per heavy atom. The van der Waals surface area contributed by atoms with Gasteiger partial charge in [-0.05, 0) is 51.0 Å². The van der Waals surface area contributed by atoms with E-state index >= 15 is 0 Å². The molecule has 1 unspecified atom stereocenters. The number of hydrogen-bond acceptors (Lipinski definition) is 8. The van der Waals surface area contributed by atoms with E-state index in [4.69, 9.17) is 4.74 Å². The minimum absolute atomic E-state index is 0.0958. The van der Waals surface area contributed by atoms with Crippen LogP contribution in [-0.2, 0) is 9.53 Å². The van der Waals surface area contributed by atoms with E-state index in [1.54, 1.807) is 6.33 Å². The summed E-state index contributed by atoms with van der Waals surface area (Å²) in [6.45, 7) is 1.87. The summed E-state index contributed by atoms with van der Waals surface area (Å²) in [5, 5.41) is 15.7. The lowest BCUT2D eigenvalue weighted by Crippen LogP contribution is -2.17. The molecule has 10 heteroatoms. The van der Waals surface area contributed by atoms with Crippen molar-refractivity contribution in [3.05, 3.63) is 31.0 Å². The number of aromatic nitrogens is 5. The van der Waals surface area contributed by atoms with E-state index in [2.05, 4.69) is 21.1 Å². The van der Waals surface area contributed by atoms with Crippen molar-refractivity contribution in [2.45, 2.75) is 88.7 Å². The average molecular weight is 539 g/mol. The van der Waals surface area contributed by atoms with Crippen LogP contribution in [0.2, 0.25) is 0 Å². The second-order valence-electron chi connectivity index (χ2n) is 10.0. The molecule has 0 spiro atoms. The zero-order chi connectivity index (χ0) is 25.6. The lowest BCUT2D eigenvalue weighted by atomic mass is 9.96. The van der Waals surface area contributed by atoms with E-state index in [0.29, 0.717) is 18.8 Å². The topological polar surface area (TPSA) is 98.6 Å². The van der Waals surface area contributed by atoms with Gasteiger partial charge in [-0.25, -0.2) is 9.97 Å². The molecule has 8 nitrogen and oxygen atoms in total. The third kappa shape index (κ3) is 6.15. The maximum absolute atomic E-state index is 12.5. The number of nitriles is 1. The Bertz CT molecular complexity index is 1240. The van der Waals surface area contributed by atoms with Crippen molar-refractivity contribution in [2.24, 2.45) is 5.92 Å². The summed E-state index contributed by atoms with van der Waals surface area (Å²) in [4.78, 5) is 21.5. The first-order valence-corrected chi connectivity index (χ1v) is 15.7. The summed E-state index contributed by atoms with van der Waals surface area (Å²) in [6, 6.07) is 4.41. The molecule has 1 aliphatic carbocycles. The Morgan fingerprint density at radius 1 is 1.27 bits per heavy atom. The Kier molecular flexibility index (Phi) is 8.72. The van der Waals surface area contributed by atoms with E-state index in [1.165, 1.54) is 31.4 Å². The summed E-state index contributed by atoms with van der Waals surface area (Å²) in [5.74, 6) is 1.57.